The molecule has 3 rings (SSSR count). The Hall–Kier alpha value is -2.07. The fourth-order valence-electron chi connectivity index (χ4n) is 3.30. The van der Waals surface area contributed by atoms with Crippen molar-refractivity contribution in [3.8, 4) is 17.2 Å². The van der Waals surface area contributed by atoms with Crippen molar-refractivity contribution in [3.05, 3.63) is 59.7 Å². The molecule has 0 radical (unpaired) electrons. The molecule has 1 saturated carbocycles. The summed E-state index contributed by atoms with van der Waals surface area (Å²) in [6.07, 6.45) is 4.06. The molecule has 0 spiro atoms. The van der Waals surface area contributed by atoms with E-state index in [1.165, 1.54) is 36.0 Å². The van der Waals surface area contributed by atoms with Gasteiger partial charge in [0, 0.05) is 0 Å². The summed E-state index contributed by atoms with van der Waals surface area (Å²) in [5.41, 5.74) is 4.59. The molecule has 1 nitrogen and oxygen atoms in total. The maximum absolute atomic E-state index is 8.83. The van der Waals surface area contributed by atoms with Gasteiger partial charge in [0.15, 0.2) is 0 Å². The van der Waals surface area contributed by atoms with E-state index in [1.54, 1.807) is 0 Å². The number of hydrogen-bond donors (Lipinski definition) is 0. The van der Waals surface area contributed by atoms with Crippen LogP contribution in [-0.4, -0.2) is 0 Å². The molecule has 2 atom stereocenters. The van der Waals surface area contributed by atoms with Crippen LogP contribution in [0.5, 0.6) is 0 Å². The van der Waals surface area contributed by atoms with Gasteiger partial charge in [-0.3, -0.25) is 0 Å². The molecule has 1 aliphatic carbocycles. The molecule has 0 aromatic heterocycles. The average Bonchev–Trinajstić information content (AvgIpc) is 2.94. The molecule has 1 heteroatoms. The van der Waals surface area contributed by atoms with Gasteiger partial charge in [-0.2, -0.15) is 5.26 Å². The number of benzene rings is 2. The average molecular weight is 261 g/mol. The topological polar surface area (TPSA) is 23.8 Å². The van der Waals surface area contributed by atoms with Gasteiger partial charge in [0.1, 0.15) is 0 Å². The Labute approximate surface area is 120 Å². The summed E-state index contributed by atoms with van der Waals surface area (Å²) in [6, 6.07) is 18.9. The van der Waals surface area contributed by atoms with Gasteiger partial charge in [0.25, 0.3) is 0 Å². The summed E-state index contributed by atoms with van der Waals surface area (Å²) in [7, 11) is 0. The number of nitrogens with zero attached hydrogens (tertiary/aromatic N) is 1. The Morgan fingerprint density at radius 1 is 0.900 bits per heavy atom. The first-order valence-electron chi connectivity index (χ1n) is 7.38. The van der Waals surface area contributed by atoms with Crippen molar-refractivity contribution in [3.63, 3.8) is 0 Å². The van der Waals surface area contributed by atoms with Crippen LogP contribution in [0, 0.1) is 17.2 Å². The van der Waals surface area contributed by atoms with E-state index in [4.69, 9.17) is 5.26 Å². The van der Waals surface area contributed by atoms with Crippen LogP contribution in [-0.2, 0) is 0 Å². The highest BCUT2D eigenvalue weighted by atomic mass is 14.3. The van der Waals surface area contributed by atoms with Gasteiger partial charge >= 0.3 is 0 Å². The quantitative estimate of drug-likeness (QED) is 0.735. The minimum absolute atomic E-state index is 0.713. The minimum atomic E-state index is 0.713. The van der Waals surface area contributed by atoms with E-state index < -0.39 is 0 Å². The van der Waals surface area contributed by atoms with E-state index in [1.807, 2.05) is 24.3 Å². The third kappa shape index (κ3) is 2.47. The SMILES string of the molecule is CC1CCCC1c1ccc(-c2ccc(C#N)cc2)cc1. The predicted molar refractivity (Wildman–Crippen MR) is 82.3 cm³/mol. The first kappa shape index (κ1) is 12.9. The first-order valence-corrected chi connectivity index (χ1v) is 7.38. The second-order valence-corrected chi connectivity index (χ2v) is 5.83. The molecular formula is C19H19N. The zero-order valence-electron chi connectivity index (χ0n) is 11.8. The van der Waals surface area contributed by atoms with E-state index >= 15 is 0 Å². The molecule has 0 aliphatic heterocycles. The number of hydrogen-bond acceptors (Lipinski definition) is 1. The lowest BCUT2D eigenvalue weighted by atomic mass is 9.89. The highest BCUT2D eigenvalue weighted by Crippen LogP contribution is 2.39. The van der Waals surface area contributed by atoms with Gasteiger partial charge in [0.2, 0.25) is 0 Å². The summed E-state index contributed by atoms with van der Waals surface area (Å²) in [5, 5.41) is 8.83. The molecule has 20 heavy (non-hydrogen) atoms. The summed E-state index contributed by atoms with van der Waals surface area (Å²) in [5.74, 6) is 1.56. The minimum Gasteiger partial charge on any atom is -0.192 e. The van der Waals surface area contributed by atoms with Gasteiger partial charge in [0.05, 0.1) is 11.6 Å². The molecule has 1 aliphatic rings. The smallest absolute Gasteiger partial charge is 0.0991 e. The lowest BCUT2D eigenvalue weighted by Gasteiger charge is -2.16. The normalized spacial score (nSPS) is 21.6. The van der Waals surface area contributed by atoms with Gasteiger partial charge in [-0.05, 0) is 47.1 Å². The van der Waals surface area contributed by atoms with Crippen LogP contribution in [0.2, 0.25) is 0 Å². The van der Waals surface area contributed by atoms with Crippen LogP contribution in [0.3, 0.4) is 0 Å². The maximum atomic E-state index is 8.83. The highest BCUT2D eigenvalue weighted by molar-refractivity contribution is 5.64. The number of rotatable bonds is 2. The molecule has 0 amide bonds. The predicted octanol–water partition coefficient (Wildman–Crippen LogP) is 5.13. The molecular weight excluding hydrogens is 242 g/mol. The van der Waals surface area contributed by atoms with E-state index in [9.17, 15) is 0 Å². The van der Waals surface area contributed by atoms with Gasteiger partial charge in [-0.25, -0.2) is 0 Å². The van der Waals surface area contributed by atoms with E-state index in [0.717, 1.165) is 11.8 Å². The van der Waals surface area contributed by atoms with E-state index in [-0.39, 0.29) is 0 Å². The van der Waals surface area contributed by atoms with E-state index in [2.05, 4.69) is 37.3 Å². The van der Waals surface area contributed by atoms with Crippen molar-refractivity contribution in [1.82, 2.24) is 0 Å². The molecule has 2 aromatic carbocycles. The lowest BCUT2D eigenvalue weighted by molar-refractivity contribution is 0.533. The van der Waals surface area contributed by atoms with Gasteiger partial charge in [-0.15, -0.1) is 0 Å². The second-order valence-electron chi connectivity index (χ2n) is 5.83. The summed E-state index contributed by atoms with van der Waals surface area (Å²) >= 11 is 0. The van der Waals surface area contributed by atoms with Crippen molar-refractivity contribution in [1.29, 1.82) is 5.26 Å². The Morgan fingerprint density at radius 2 is 1.50 bits per heavy atom. The third-order valence-electron chi connectivity index (χ3n) is 4.55. The van der Waals surface area contributed by atoms with Gasteiger partial charge in [-0.1, -0.05) is 56.2 Å². The first-order chi connectivity index (χ1) is 9.78. The second kappa shape index (κ2) is 5.51. The standard InChI is InChI=1S/C19H19N/c1-14-3-2-4-19(14)18-11-9-17(10-12-18)16-7-5-15(13-20)6-8-16/h5-12,14,19H,2-4H2,1H3. The molecule has 0 N–H and O–H groups in total. The molecule has 0 bridgehead atoms. The Balaban J connectivity index is 1.83. The summed E-state index contributed by atoms with van der Waals surface area (Å²) < 4.78 is 0. The van der Waals surface area contributed by atoms with Crippen LogP contribution < -0.4 is 0 Å². The fraction of sp³-hybridized carbons (Fsp3) is 0.316. The molecule has 0 heterocycles. The van der Waals surface area contributed by atoms with Crippen LogP contribution in [0.25, 0.3) is 11.1 Å². The highest BCUT2D eigenvalue weighted by Gasteiger charge is 2.24. The molecule has 0 saturated heterocycles. The summed E-state index contributed by atoms with van der Waals surface area (Å²) in [6.45, 7) is 2.37. The van der Waals surface area contributed by atoms with Crippen LogP contribution in [0.4, 0.5) is 0 Å². The molecule has 2 unspecified atom stereocenters. The lowest BCUT2D eigenvalue weighted by Crippen LogP contribution is -2.01. The van der Waals surface area contributed by atoms with Crippen molar-refractivity contribution in [2.45, 2.75) is 32.1 Å². The van der Waals surface area contributed by atoms with Crippen LogP contribution >= 0.6 is 0 Å². The van der Waals surface area contributed by atoms with Crippen molar-refractivity contribution in [2.75, 3.05) is 0 Å². The zero-order chi connectivity index (χ0) is 13.9. The van der Waals surface area contributed by atoms with Gasteiger partial charge < -0.3 is 0 Å². The Bertz CT molecular complexity index is 616. The Morgan fingerprint density at radius 3 is 2.00 bits per heavy atom. The zero-order valence-corrected chi connectivity index (χ0v) is 11.8. The number of nitriles is 1. The Kier molecular flexibility index (Phi) is 3.56. The largest absolute Gasteiger partial charge is 0.192 e. The van der Waals surface area contributed by atoms with E-state index in [0.29, 0.717) is 5.56 Å². The summed E-state index contributed by atoms with van der Waals surface area (Å²) in [4.78, 5) is 0. The van der Waals surface area contributed by atoms with Crippen molar-refractivity contribution >= 4 is 0 Å². The molecule has 100 valence electrons. The monoisotopic (exact) mass is 261 g/mol. The maximum Gasteiger partial charge on any atom is 0.0991 e. The van der Waals surface area contributed by atoms with Crippen molar-refractivity contribution < 1.29 is 0 Å². The van der Waals surface area contributed by atoms with Crippen LogP contribution in [0.15, 0.2) is 48.5 Å². The van der Waals surface area contributed by atoms with Crippen LogP contribution in [0.1, 0.15) is 43.2 Å². The van der Waals surface area contributed by atoms with Crippen molar-refractivity contribution in [2.24, 2.45) is 5.92 Å². The molecule has 2 aromatic rings. The molecule has 1 fully saturated rings. The third-order valence-corrected chi connectivity index (χ3v) is 4.55. The fourth-order valence-corrected chi connectivity index (χ4v) is 3.30.